The summed E-state index contributed by atoms with van der Waals surface area (Å²) in [5.74, 6) is 0. The fraction of sp³-hybridized carbons (Fsp3) is 0. The normalized spacial score (nSPS) is 11.8. The van der Waals surface area contributed by atoms with Gasteiger partial charge in [0, 0.05) is 11.1 Å². The van der Waals surface area contributed by atoms with Gasteiger partial charge in [-0.15, -0.1) is 0 Å². The van der Waals surface area contributed by atoms with E-state index in [1.54, 1.807) is 0 Å². The molecule has 3 nitrogen and oxygen atoms in total. The third-order valence-corrected chi connectivity index (χ3v) is 12.8. The van der Waals surface area contributed by atoms with Gasteiger partial charge < -0.3 is 4.57 Å². The first-order chi connectivity index (χ1) is 25.8. The molecule has 0 saturated carbocycles. The van der Waals surface area contributed by atoms with Crippen molar-refractivity contribution in [3.05, 3.63) is 182 Å². The minimum absolute atomic E-state index is 0.310. The summed E-state index contributed by atoms with van der Waals surface area (Å²) in [5, 5.41) is 7.43. The molecule has 11 aromatic rings. The first-order valence-electron chi connectivity index (χ1n) is 17.6. The Morgan fingerprint density at radius 1 is 0.423 bits per heavy atom. The molecule has 0 bridgehead atoms. The summed E-state index contributed by atoms with van der Waals surface area (Å²) < 4.78 is 11.9. The van der Waals surface area contributed by atoms with Crippen molar-refractivity contribution in [2.45, 2.75) is 0 Å². The van der Waals surface area contributed by atoms with Crippen LogP contribution < -0.4 is 4.90 Å². The number of para-hydroxylation sites is 4. The number of anilines is 3. The van der Waals surface area contributed by atoms with Gasteiger partial charge in [0.05, 0.1) is 11.0 Å². The smallest absolute Gasteiger partial charge is 0.0602 e. The molecule has 0 aliphatic rings. The number of benzene rings is 8. The van der Waals surface area contributed by atoms with E-state index in [0.717, 1.165) is 39.0 Å². The average Bonchev–Trinajstić information content (AvgIpc) is 3.88. The van der Waals surface area contributed by atoms with Crippen LogP contribution in [0.25, 0.3) is 79.9 Å². The van der Waals surface area contributed by atoms with Crippen LogP contribution in [0.2, 0.25) is 0 Å². The molecular weight excluding hydrogens is 700 g/mol. The quantitative estimate of drug-likeness (QED) is 0.165. The summed E-state index contributed by atoms with van der Waals surface area (Å²) in [6.45, 7) is 0. The van der Waals surface area contributed by atoms with Crippen molar-refractivity contribution in [3.63, 3.8) is 0 Å². The van der Waals surface area contributed by atoms with Crippen molar-refractivity contribution in [2.75, 3.05) is 4.90 Å². The van der Waals surface area contributed by atoms with Crippen molar-refractivity contribution in [1.82, 2.24) is 4.57 Å². The van der Waals surface area contributed by atoms with E-state index in [4.69, 9.17) is 4.42 Å². The van der Waals surface area contributed by atoms with E-state index in [1.807, 2.05) is 6.07 Å². The molecule has 0 amide bonds. The van der Waals surface area contributed by atoms with E-state index in [-0.39, 0.29) is 0 Å². The van der Waals surface area contributed by atoms with Crippen LogP contribution in [0.3, 0.4) is 0 Å². The Morgan fingerprint density at radius 3 is 1.98 bits per heavy atom. The van der Waals surface area contributed by atoms with Crippen molar-refractivity contribution < 1.29 is 4.42 Å². The Labute approximate surface area is 305 Å². The van der Waals surface area contributed by atoms with Crippen molar-refractivity contribution >= 4 is 94.6 Å². The summed E-state index contributed by atoms with van der Waals surface area (Å²) in [7, 11) is 0. The SMILES string of the molecule is c1ccc(-n2c3ccccc3c3cc(-c4ccc(N(c5ccc6[se]c7ccccc7c6c5)c5cccc6c5oc5ccccc56)cc4)ccc32)cc1. The Morgan fingerprint density at radius 2 is 1.10 bits per heavy atom. The third kappa shape index (κ3) is 4.52. The molecule has 3 aromatic heterocycles. The zero-order valence-corrected chi connectivity index (χ0v) is 29.7. The zero-order valence-electron chi connectivity index (χ0n) is 28.0. The third-order valence-electron chi connectivity index (χ3n) is 10.4. The van der Waals surface area contributed by atoms with E-state index >= 15 is 0 Å². The van der Waals surface area contributed by atoms with Gasteiger partial charge in [-0.3, -0.25) is 0 Å². The van der Waals surface area contributed by atoms with E-state index in [0.29, 0.717) is 14.5 Å². The van der Waals surface area contributed by atoms with Crippen molar-refractivity contribution in [3.8, 4) is 16.8 Å². The molecule has 11 rings (SSSR count). The Hall–Kier alpha value is -6.32. The number of furan rings is 1. The number of rotatable bonds is 5. The minimum Gasteiger partial charge on any atom is -0.0602 e. The molecular formula is C48H30N2OSe. The molecule has 244 valence electrons. The van der Waals surface area contributed by atoms with Crippen LogP contribution in [0, 0.1) is 0 Å². The van der Waals surface area contributed by atoms with Gasteiger partial charge >= 0.3 is 226 Å². The Bertz CT molecular complexity index is 3130. The van der Waals surface area contributed by atoms with E-state index < -0.39 is 0 Å². The molecule has 0 saturated heterocycles. The van der Waals surface area contributed by atoms with Crippen LogP contribution in [0.1, 0.15) is 0 Å². The summed E-state index contributed by atoms with van der Waals surface area (Å²) >= 11 is 0.310. The van der Waals surface area contributed by atoms with Gasteiger partial charge in [0.15, 0.2) is 0 Å². The van der Waals surface area contributed by atoms with Crippen LogP contribution in [0.5, 0.6) is 0 Å². The van der Waals surface area contributed by atoms with Crippen LogP contribution in [-0.2, 0) is 0 Å². The molecule has 0 unspecified atom stereocenters. The van der Waals surface area contributed by atoms with E-state index in [9.17, 15) is 0 Å². The Balaban J connectivity index is 1.07. The maximum absolute atomic E-state index is 6.62. The second-order valence-electron chi connectivity index (χ2n) is 13.3. The Kier molecular flexibility index (Phi) is 6.57. The maximum atomic E-state index is 6.62. The second kappa shape index (κ2) is 11.6. The summed E-state index contributed by atoms with van der Waals surface area (Å²) in [6.07, 6.45) is 0. The predicted molar refractivity (Wildman–Crippen MR) is 220 cm³/mol. The van der Waals surface area contributed by atoms with Crippen LogP contribution >= 0.6 is 0 Å². The topological polar surface area (TPSA) is 21.3 Å². The summed E-state index contributed by atoms with van der Waals surface area (Å²) in [6, 6.07) is 65.8. The van der Waals surface area contributed by atoms with Crippen molar-refractivity contribution in [1.29, 1.82) is 0 Å². The summed E-state index contributed by atoms with van der Waals surface area (Å²) in [5.41, 5.74) is 11.0. The molecule has 3 heterocycles. The van der Waals surface area contributed by atoms with E-state index in [1.165, 1.54) is 57.9 Å². The zero-order chi connectivity index (χ0) is 34.2. The molecule has 0 N–H and O–H groups in total. The molecule has 0 atom stereocenters. The molecule has 52 heavy (non-hydrogen) atoms. The number of fused-ring (bicyclic) bond motifs is 9. The molecule has 8 aromatic carbocycles. The fourth-order valence-electron chi connectivity index (χ4n) is 8.00. The van der Waals surface area contributed by atoms with Gasteiger partial charge in [0.25, 0.3) is 0 Å². The molecule has 0 aliphatic carbocycles. The van der Waals surface area contributed by atoms with Gasteiger partial charge in [0.1, 0.15) is 0 Å². The molecule has 0 radical (unpaired) electrons. The number of nitrogens with zero attached hydrogens (tertiary/aromatic N) is 2. The monoisotopic (exact) mass is 730 g/mol. The van der Waals surface area contributed by atoms with Crippen molar-refractivity contribution in [2.24, 2.45) is 0 Å². The van der Waals surface area contributed by atoms with E-state index in [2.05, 4.69) is 185 Å². The van der Waals surface area contributed by atoms with Crippen LogP contribution in [0.4, 0.5) is 17.1 Å². The summed E-state index contributed by atoms with van der Waals surface area (Å²) in [4.78, 5) is 2.36. The molecule has 0 aliphatic heterocycles. The molecule has 0 spiro atoms. The van der Waals surface area contributed by atoms with Crippen LogP contribution in [-0.4, -0.2) is 19.1 Å². The first kappa shape index (κ1) is 29.4. The number of aromatic nitrogens is 1. The molecule has 0 fully saturated rings. The predicted octanol–water partition coefficient (Wildman–Crippen LogP) is 13.2. The van der Waals surface area contributed by atoms with Gasteiger partial charge in [-0.1, -0.05) is 36.4 Å². The van der Waals surface area contributed by atoms with Crippen LogP contribution in [0.15, 0.2) is 186 Å². The average molecular weight is 730 g/mol. The van der Waals surface area contributed by atoms with Gasteiger partial charge in [0.2, 0.25) is 0 Å². The minimum atomic E-state index is 0.310. The fourth-order valence-corrected chi connectivity index (χ4v) is 10.3. The standard InChI is InChI=1S/C48H30N2OSe/c1-2-11-33(12-3-1)50-42-17-7-4-13-36(42)40-29-32(23-27-43(40)50)31-21-24-34(25-22-31)49(35-26-28-47-41(30-35)38-15-6-9-20-46(38)52-47)44-18-10-16-39-37-14-5-8-19-45(37)51-48(39)44/h1-30H. The number of hydrogen-bond donors (Lipinski definition) is 0. The molecule has 4 heteroatoms. The van der Waals surface area contributed by atoms with Gasteiger partial charge in [-0.05, 0) is 18.2 Å². The van der Waals surface area contributed by atoms with Gasteiger partial charge in [-0.25, -0.2) is 0 Å². The first-order valence-corrected chi connectivity index (χ1v) is 19.3. The van der Waals surface area contributed by atoms with Gasteiger partial charge in [-0.2, -0.15) is 0 Å². The second-order valence-corrected chi connectivity index (χ2v) is 15.6. The number of hydrogen-bond acceptors (Lipinski definition) is 2.